The third-order valence-corrected chi connectivity index (χ3v) is 3.14. The number of carbonyl (C=O) groups is 1. The van der Waals surface area contributed by atoms with Gasteiger partial charge >= 0.3 is 0 Å². The van der Waals surface area contributed by atoms with Crippen molar-refractivity contribution in [1.82, 2.24) is 4.98 Å². The van der Waals surface area contributed by atoms with E-state index < -0.39 is 0 Å². The zero-order valence-electron chi connectivity index (χ0n) is 10.2. The van der Waals surface area contributed by atoms with Crippen LogP contribution in [0.15, 0.2) is 29.6 Å². The molecule has 0 saturated carbocycles. The molecular weight excluding hydrogens is 250 g/mol. The maximum atomic E-state index is 11.1. The standard InChI is InChI=1S/C13H13NO3S/c1-9(15)12-8-18-13(14-12)7-17-11-5-3-4-10(6-11)16-2/h3-6,8H,7H2,1-2H3. The van der Waals surface area contributed by atoms with E-state index in [-0.39, 0.29) is 5.78 Å². The number of ketones is 1. The molecule has 0 N–H and O–H groups in total. The third kappa shape index (κ3) is 3.07. The van der Waals surface area contributed by atoms with Crippen molar-refractivity contribution in [2.24, 2.45) is 0 Å². The fourth-order valence-electron chi connectivity index (χ4n) is 1.37. The van der Waals surface area contributed by atoms with Crippen LogP contribution >= 0.6 is 11.3 Å². The summed E-state index contributed by atoms with van der Waals surface area (Å²) in [6.07, 6.45) is 0. The molecule has 0 atom stereocenters. The lowest BCUT2D eigenvalue weighted by Gasteiger charge is -2.05. The molecule has 1 heterocycles. The molecule has 2 rings (SSSR count). The van der Waals surface area contributed by atoms with Gasteiger partial charge in [-0.3, -0.25) is 4.79 Å². The van der Waals surface area contributed by atoms with Crippen LogP contribution < -0.4 is 9.47 Å². The Labute approximate surface area is 109 Å². The molecule has 94 valence electrons. The summed E-state index contributed by atoms with van der Waals surface area (Å²) in [6, 6.07) is 7.36. The topological polar surface area (TPSA) is 48.4 Å². The number of rotatable bonds is 5. The number of carbonyl (C=O) groups excluding carboxylic acids is 1. The number of hydrogen-bond donors (Lipinski definition) is 0. The van der Waals surface area contributed by atoms with Gasteiger partial charge < -0.3 is 9.47 Å². The zero-order chi connectivity index (χ0) is 13.0. The second-order valence-corrected chi connectivity index (χ2v) is 4.59. The molecule has 0 aliphatic heterocycles. The summed E-state index contributed by atoms with van der Waals surface area (Å²) in [6.45, 7) is 1.85. The monoisotopic (exact) mass is 263 g/mol. The lowest BCUT2D eigenvalue weighted by Crippen LogP contribution is -1.97. The minimum absolute atomic E-state index is 0.0288. The van der Waals surface area contributed by atoms with Crippen LogP contribution in [0.3, 0.4) is 0 Å². The minimum Gasteiger partial charge on any atom is -0.497 e. The SMILES string of the molecule is COc1cccc(OCc2nc(C(C)=O)cs2)c1. The lowest BCUT2D eigenvalue weighted by atomic mass is 10.3. The quantitative estimate of drug-likeness (QED) is 0.778. The summed E-state index contributed by atoms with van der Waals surface area (Å²) in [5.41, 5.74) is 0.490. The molecule has 2 aromatic rings. The molecule has 5 heteroatoms. The van der Waals surface area contributed by atoms with Gasteiger partial charge in [0.25, 0.3) is 0 Å². The molecule has 0 spiro atoms. The van der Waals surface area contributed by atoms with Crippen molar-refractivity contribution in [2.75, 3.05) is 7.11 Å². The van der Waals surface area contributed by atoms with Crippen LogP contribution in [0.4, 0.5) is 0 Å². The van der Waals surface area contributed by atoms with E-state index in [9.17, 15) is 4.79 Å². The van der Waals surface area contributed by atoms with Gasteiger partial charge in [0.15, 0.2) is 5.78 Å². The van der Waals surface area contributed by atoms with Crippen molar-refractivity contribution in [2.45, 2.75) is 13.5 Å². The third-order valence-electron chi connectivity index (χ3n) is 2.32. The molecule has 0 aliphatic carbocycles. The molecule has 0 bridgehead atoms. The van der Waals surface area contributed by atoms with Crippen LogP contribution in [-0.4, -0.2) is 17.9 Å². The summed E-state index contributed by atoms with van der Waals surface area (Å²) in [4.78, 5) is 15.3. The number of benzene rings is 1. The van der Waals surface area contributed by atoms with Gasteiger partial charge in [0, 0.05) is 18.4 Å². The van der Waals surface area contributed by atoms with Crippen molar-refractivity contribution >= 4 is 17.1 Å². The Morgan fingerprint density at radius 1 is 1.39 bits per heavy atom. The predicted molar refractivity (Wildman–Crippen MR) is 69.4 cm³/mol. The molecule has 1 aromatic carbocycles. The largest absolute Gasteiger partial charge is 0.497 e. The fraction of sp³-hybridized carbons (Fsp3) is 0.231. The average molecular weight is 263 g/mol. The van der Waals surface area contributed by atoms with E-state index in [1.165, 1.54) is 18.3 Å². The normalized spacial score (nSPS) is 10.1. The molecule has 0 radical (unpaired) electrons. The van der Waals surface area contributed by atoms with Crippen molar-refractivity contribution in [3.05, 3.63) is 40.3 Å². The number of Topliss-reactive ketones (excluding diaryl/α,β-unsaturated/α-hetero) is 1. The van der Waals surface area contributed by atoms with Crippen LogP contribution in [0, 0.1) is 0 Å². The molecule has 0 aliphatic rings. The highest BCUT2D eigenvalue weighted by molar-refractivity contribution is 7.09. The predicted octanol–water partition coefficient (Wildman–Crippen LogP) is 2.93. The highest BCUT2D eigenvalue weighted by atomic mass is 32.1. The summed E-state index contributed by atoms with van der Waals surface area (Å²) in [5.74, 6) is 1.43. The van der Waals surface area contributed by atoms with Crippen LogP contribution in [0.5, 0.6) is 11.5 Å². The van der Waals surface area contributed by atoms with Gasteiger partial charge in [-0.05, 0) is 12.1 Å². The Morgan fingerprint density at radius 3 is 2.83 bits per heavy atom. The van der Waals surface area contributed by atoms with E-state index in [0.29, 0.717) is 18.1 Å². The number of ether oxygens (including phenoxy) is 2. The first-order chi connectivity index (χ1) is 8.69. The van der Waals surface area contributed by atoms with E-state index in [2.05, 4.69) is 4.98 Å². The van der Waals surface area contributed by atoms with Crippen molar-refractivity contribution in [3.8, 4) is 11.5 Å². The number of nitrogens with zero attached hydrogens (tertiary/aromatic N) is 1. The van der Waals surface area contributed by atoms with Gasteiger partial charge in [-0.25, -0.2) is 4.98 Å². The molecule has 0 amide bonds. The first-order valence-electron chi connectivity index (χ1n) is 5.41. The smallest absolute Gasteiger partial charge is 0.178 e. The first kappa shape index (κ1) is 12.6. The highest BCUT2D eigenvalue weighted by Crippen LogP contribution is 2.20. The van der Waals surface area contributed by atoms with E-state index in [4.69, 9.17) is 9.47 Å². The maximum Gasteiger partial charge on any atom is 0.178 e. The van der Waals surface area contributed by atoms with Gasteiger partial charge in [-0.15, -0.1) is 11.3 Å². The average Bonchev–Trinajstić information content (AvgIpc) is 2.85. The summed E-state index contributed by atoms with van der Waals surface area (Å²) >= 11 is 1.42. The summed E-state index contributed by atoms with van der Waals surface area (Å²) in [5, 5.41) is 2.52. The molecule has 1 aromatic heterocycles. The van der Waals surface area contributed by atoms with Crippen molar-refractivity contribution in [3.63, 3.8) is 0 Å². The Balaban J connectivity index is 1.99. The van der Waals surface area contributed by atoms with Gasteiger partial charge in [0.05, 0.1) is 7.11 Å². The number of hydrogen-bond acceptors (Lipinski definition) is 5. The number of thiazole rings is 1. The number of aromatic nitrogens is 1. The Bertz CT molecular complexity index is 551. The fourth-order valence-corrected chi connectivity index (χ4v) is 2.12. The van der Waals surface area contributed by atoms with Gasteiger partial charge in [-0.2, -0.15) is 0 Å². The Kier molecular flexibility index (Phi) is 3.94. The van der Waals surface area contributed by atoms with E-state index in [1.54, 1.807) is 18.6 Å². The number of methoxy groups -OCH3 is 1. The minimum atomic E-state index is -0.0288. The van der Waals surface area contributed by atoms with Crippen LogP contribution in [0.1, 0.15) is 22.4 Å². The van der Waals surface area contributed by atoms with Crippen LogP contribution in [0.25, 0.3) is 0 Å². The van der Waals surface area contributed by atoms with Gasteiger partial charge in [0.2, 0.25) is 0 Å². The van der Waals surface area contributed by atoms with Gasteiger partial charge in [-0.1, -0.05) is 6.07 Å². The van der Waals surface area contributed by atoms with E-state index in [0.717, 1.165) is 10.8 Å². The van der Waals surface area contributed by atoms with E-state index in [1.807, 2.05) is 18.2 Å². The van der Waals surface area contributed by atoms with Crippen LogP contribution in [0.2, 0.25) is 0 Å². The molecule has 4 nitrogen and oxygen atoms in total. The van der Waals surface area contributed by atoms with Crippen molar-refractivity contribution < 1.29 is 14.3 Å². The summed E-state index contributed by atoms with van der Waals surface area (Å²) in [7, 11) is 1.61. The maximum absolute atomic E-state index is 11.1. The molecular formula is C13H13NO3S. The summed E-state index contributed by atoms with van der Waals surface area (Å²) < 4.78 is 10.7. The zero-order valence-corrected chi connectivity index (χ0v) is 11.0. The molecule has 0 fully saturated rings. The second-order valence-electron chi connectivity index (χ2n) is 3.65. The Hall–Kier alpha value is -1.88. The molecule has 18 heavy (non-hydrogen) atoms. The highest BCUT2D eigenvalue weighted by Gasteiger charge is 2.06. The molecule has 0 unspecified atom stereocenters. The van der Waals surface area contributed by atoms with E-state index >= 15 is 0 Å². The first-order valence-corrected chi connectivity index (χ1v) is 6.29. The van der Waals surface area contributed by atoms with Crippen molar-refractivity contribution in [1.29, 1.82) is 0 Å². The molecule has 0 saturated heterocycles. The van der Waals surface area contributed by atoms with Gasteiger partial charge in [0.1, 0.15) is 28.8 Å². The Morgan fingerprint density at radius 2 is 2.17 bits per heavy atom. The lowest BCUT2D eigenvalue weighted by molar-refractivity contribution is 0.101. The second kappa shape index (κ2) is 5.64. The van der Waals surface area contributed by atoms with Crippen LogP contribution in [-0.2, 0) is 6.61 Å².